The quantitative estimate of drug-likeness (QED) is 0.288. The lowest BCUT2D eigenvalue weighted by Crippen LogP contribution is -2.21. The lowest BCUT2D eigenvalue weighted by molar-refractivity contribution is -0.113. The Morgan fingerprint density at radius 1 is 1.47 bits per heavy atom. The van der Waals surface area contributed by atoms with E-state index in [1.807, 2.05) is 6.08 Å². The molecule has 0 aliphatic heterocycles. The normalized spacial score (nSPS) is 11.0. The smallest absolute Gasteiger partial charge is 0.209 e. The van der Waals surface area contributed by atoms with E-state index in [0.717, 1.165) is 23.8 Å². The number of allylic oxidation sites excluding steroid dienone is 1. The molecular weight excluding hydrogens is 240 g/mol. The molecule has 1 aromatic rings. The molecule has 0 bridgehead atoms. The van der Waals surface area contributed by atoms with Gasteiger partial charge in [-0.3, -0.25) is 0 Å². The number of thioether (sulfide) groups is 1. The van der Waals surface area contributed by atoms with Crippen molar-refractivity contribution in [1.29, 1.82) is 0 Å². The van der Waals surface area contributed by atoms with Gasteiger partial charge < -0.3 is 9.47 Å². The molecule has 0 amide bonds. The molecule has 0 N–H and O–H groups in total. The van der Waals surface area contributed by atoms with Crippen molar-refractivity contribution >= 4 is 11.8 Å². The van der Waals surface area contributed by atoms with E-state index >= 15 is 0 Å². The van der Waals surface area contributed by atoms with Gasteiger partial charge in [-0.05, 0) is 23.3 Å². The van der Waals surface area contributed by atoms with Crippen LogP contribution in [-0.4, -0.2) is 46.5 Å². The summed E-state index contributed by atoms with van der Waals surface area (Å²) < 4.78 is 11.9. The summed E-state index contributed by atoms with van der Waals surface area (Å²) >= 11 is 1.62. The van der Waals surface area contributed by atoms with E-state index in [9.17, 15) is 0 Å². The van der Waals surface area contributed by atoms with Crippen LogP contribution in [0.1, 0.15) is 12.8 Å². The van der Waals surface area contributed by atoms with Crippen LogP contribution in [0.4, 0.5) is 0 Å². The first-order valence-corrected chi connectivity index (χ1v) is 6.35. The molecule has 96 valence electrons. The van der Waals surface area contributed by atoms with Crippen molar-refractivity contribution < 1.29 is 9.47 Å². The topological polar surface area (TPSA) is 62.1 Å². The van der Waals surface area contributed by atoms with E-state index in [1.165, 1.54) is 0 Å². The summed E-state index contributed by atoms with van der Waals surface area (Å²) in [5.74, 6) is 0.969. The Labute approximate surface area is 105 Å². The Kier molecular flexibility index (Phi) is 6.83. The van der Waals surface area contributed by atoms with Gasteiger partial charge in [0, 0.05) is 20.0 Å². The summed E-state index contributed by atoms with van der Waals surface area (Å²) in [5, 5.41) is 12.3. The van der Waals surface area contributed by atoms with E-state index in [4.69, 9.17) is 9.47 Å². The molecule has 1 heterocycles. The molecule has 0 radical (unpaired) electrons. The summed E-state index contributed by atoms with van der Waals surface area (Å²) in [6, 6.07) is 0. The molecule has 0 fully saturated rings. The fraction of sp³-hybridized carbons (Fsp3) is 0.700. The maximum Gasteiger partial charge on any atom is 0.209 e. The number of hydrogen-bond acceptors (Lipinski definition) is 6. The zero-order chi connectivity index (χ0) is 12.5. The Hall–Kier alpha value is -0.920. The van der Waals surface area contributed by atoms with E-state index in [-0.39, 0.29) is 6.29 Å². The monoisotopic (exact) mass is 258 g/mol. The highest BCUT2D eigenvalue weighted by atomic mass is 32.2. The minimum absolute atomic E-state index is 0.328. The summed E-state index contributed by atoms with van der Waals surface area (Å²) in [6.07, 6.45) is 3.66. The van der Waals surface area contributed by atoms with Gasteiger partial charge in [0.15, 0.2) is 6.29 Å². The lowest BCUT2D eigenvalue weighted by Gasteiger charge is -2.13. The van der Waals surface area contributed by atoms with E-state index in [2.05, 4.69) is 22.1 Å². The van der Waals surface area contributed by atoms with Crippen LogP contribution in [-0.2, 0) is 16.0 Å². The first-order valence-electron chi connectivity index (χ1n) is 5.37. The summed E-state index contributed by atoms with van der Waals surface area (Å²) in [7, 11) is 3.19. The Morgan fingerprint density at radius 2 is 2.24 bits per heavy atom. The summed E-state index contributed by atoms with van der Waals surface area (Å²) in [6.45, 7) is 4.18. The third kappa shape index (κ3) is 4.84. The molecule has 0 aromatic carbocycles. The van der Waals surface area contributed by atoms with E-state index in [0.29, 0.717) is 6.54 Å². The predicted molar refractivity (Wildman–Crippen MR) is 65.8 cm³/mol. The minimum Gasteiger partial charge on any atom is -0.354 e. The Bertz CT molecular complexity index is 328. The van der Waals surface area contributed by atoms with Gasteiger partial charge in [0.25, 0.3) is 0 Å². The SMILES string of the molecule is C=CCCCSc1nnnn1CC(OC)OC. The molecule has 17 heavy (non-hydrogen) atoms. The first kappa shape index (κ1) is 14.1. The number of hydrogen-bond donors (Lipinski definition) is 0. The number of aromatic nitrogens is 4. The Balaban J connectivity index is 2.44. The molecule has 0 atom stereocenters. The molecule has 0 saturated heterocycles. The minimum atomic E-state index is -0.328. The molecule has 0 saturated carbocycles. The van der Waals surface area contributed by atoms with Crippen molar-refractivity contribution in [2.45, 2.75) is 30.8 Å². The summed E-state index contributed by atoms with van der Waals surface area (Å²) in [4.78, 5) is 0. The van der Waals surface area contributed by atoms with Crippen molar-refractivity contribution in [3.8, 4) is 0 Å². The Morgan fingerprint density at radius 3 is 2.88 bits per heavy atom. The van der Waals surface area contributed by atoms with Crippen molar-refractivity contribution in [3.63, 3.8) is 0 Å². The second kappa shape index (κ2) is 8.21. The zero-order valence-electron chi connectivity index (χ0n) is 10.2. The largest absolute Gasteiger partial charge is 0.354 e. The fourth-order valence-electron chi connectivity index (χ4n) is 1.19. The summed E-state index contributed by atoms with van der Waals surface area (Å²) in [5.41, 5.74) is 0. The van der Waals surface area contributed by atoms with Gasteiger partial charge in [-0.2, -0.15) is 0 Å². The van der Waals surface area contributed by atoms with Gasteiger partial charge in [0.1, 0.15) is 0 Å². The van der Waals surface area contributed by atoms with Crippen LogP contribution >= 0.6 is 11.8 Å². The molecule has 0 spiro atoms. The van der Waals surface area contributed by atoms with Crippen LogP contribution in [0.25, 0.3) is 0 Å². The molecule has 1 rings (SSSR count). The third-order valence-electron chi connectivity index (χ3n) is 2.13. The molecule has 0 unspecified atom stereocenters. The highest BCUT2D eigenvalue weighted by Crippen LogP contribution is 2.16. The van der Waals surface area contributed by atoms with Gasteiger partial charge in [0.2, 0.25) is 5.16 Å². The maximum atomic E-state index is 5.11. The van der Waals surface area contributed by atoms with Gasteiger partial charge >= 0.3 is 0 Å². The average molecular weight is 258 g/mol. The van der Waals surface area contributed by atoms with E-state index < -0.39 is 0 Å². The molecule has 1 aromatic heterocycles. The second-order valence-electron chi connectivity index (χ2n) is 3.32. The van der Waals surface area contributed by atoms with Crippen LogP contribution in [0.2, 0.25) is 0 Å². The fourth-order valence-corrected chi connectivity index (χ4v) is 2.04. The molecule has 0 aliphatic carbocycles. The highest BCUT2D eigenvalue weighted by Gasteiger charge is 2.12. The number of unbranched alkanes of at least 4 members (excludes halogenated alkanes) is 1. The van der Waals surface area contributed by atoms with Gasteiger partial charge in [-0.15, -0.1) is 11.7 Å². The first-order chi connectivity index (χ1) is 8.31. The van der Waals surface area contributed by atoms with Crippen LogP contribution in [0.3, 0.4) is 0 Å². The van der Waals surface area contributed by atoms with Crippen molar-refractivity contribution in [2.75, 3.05) is 20.0 Å². The van der Waals surface area contributed by atoms with Crippen molar-refractivity contribution in [1.82, 2.24) is 20.2 Å². The van der Waals surface area contributed by atoms with Crippen LogP contribution in [0.5, 0.6) is 0 Å². The highest BCUT2D eigenvalue weighted by molar-refractivity contribution is 7.99. The number of rotatable bonds is 9. The van der Waals surface area contributed by atoms with Gasteiger partial charge in [0.05, 0.1) is 6.54 Å². The lowest BCUT2D eigenvalue weighted by atomic mass is 10.3. The number of tetrazole rings is 1. The number of ether oxygens (including phenoxy) is 2. The third-order valence-corrected chi connectivity index (χ3v) is 3.17. The average Bonchev–Trinajstić information content (AvgIpc) is 2.79. The molecule has 6 nitrogen and oxygen atoms in total. The number of nitrogens with zero attached hydrogens (tertiary/aromatic N) is 4. The standard InChI is InChI=1S/C10H18N4O2S/c1-4-5-6-7-17-10-11-12-13-14(10)8-9(15-2)16-3/h4,9H,1,5-8H2,2-3H3. The second-order valence-corrected chi connectivity index (χ2v) is 4.39. The molecule has 7 heteroatoms. The zero-order valence-corrected chi connectivity index (χ0v) is 11.0. The van der Waals surface area contributed by atoms with Gasteiger partial charge in [-0.25, -0.2) is 4.68 Å². The van der Waals surface area contributed by atoms with Crippen molar-refractivity contribution in [3.05, 3.63) is 12.7 Å². The molecular formula is C10H18N4O2S. The van der Waals surface area contributed by atoms with Crippen LogP contribution in [0, 0.1) is 0 Å². The number of methoxy groups -OCH3 is 2. The van der Waals surface area contributed by atoms with E-state index in [1.54, 1.807) is 30.7 Å². The van der Waals surface area contributed by atoms with Gasteiger partial charge in [-0.1, -0.05) is 17.8 Å². The predicted octanol–water partition coefficient (Wildman–Crippen LogP) is 1.35. The maximum absolute atomic E-state index is 5.11. The van der Waals surface area contributed by atoms with Crippen LogP contribution in [0.15, 0.2) is 17.8 Å². The molecule has 0 aliphatic rings. The van der Waals surface area contributed by atoms with Crippen molar-refractivity contribution in [2.24, 2.45) is 0 Å². The van der Waals surface area contributed by atoms with Crippen LogP contribution < -0.4 is 0 Å².